The summed E-state index contributed by atoms with van der Waals surface area (Å²) in [5, 5.41) is 2.60. The standard InChI is InChI=1S/C48H56BrN/c1-7-11-13-15-19-37(33-36(5)9-3)34-44(38(10-4)20-16-14-12-8-2)41-25-28-47-45(35-41)43-21-17-18-22-46(43)50(47)48(6)31-29-40(30-32-48)39-23-26-42(49)27-24-39/h9-10,17-18,21-31,34-35H,3-5,7-8,11-16,19-20,32-33H2,1-2,6H3/b37-34-,44-38-. The summed E-state index contributed by atoms with van der Waals surface area (Å²) in [6.45, 7) is 19.6. The predicted molar refractivity (Wildman–Crippen MR) is 226 cm³/mol. The van der Waals surface area contributed by atoms with E-state index >= 15 is 0 Å². The SMILES string of the molecule is C=CC(=C)C/C(=C\C(=C(/C=C)CCCCCC)c1ccc2c(c1)c1ccccc1n2C1(C)C=CC(c2ccc(Br)cc2)=CC1)CCCCCC. The van der Waals surface area contributed by atoms with E-state index in [-0.39, 0.29) is 5.54 Å². The normalized spacial score (nSPS) is 16.8. The number of hydrogen-bond acceptors (Lipinski definition) is 0. The van der Waals surface area contributed by atoms with Crippen molar-refractivity contribution in [2.75, 3.05) is 0 Å². The molecular weight excluding hydrogens is 670 g/mol. The Hall–Kier alpha value is -3.88. The molecule has 1 aromatic heterocycles. The van der Waals surface area contributed by atoms with E-state index in [1.807, 2.05) is 6.08 Å². The highest BCUT2D eigenvalue weighted by Crippen LogP contribution is 2.41. The fourth-order valence-corrected chi connectivity index (χ4v) is 7.71. The Labute approximate surface area is 310 Å². The van der Waals surface area contributed by atoms with Gasteiger partial charge in [-0.3, -0.25) is 0 Å². The Balaban J connectivity index is 1.61. The van der Waals surface area contributed by atoms with Crippen LogP contribution in [0.5, 0.6) is 0 Å². The minimum atomic E-state index is -0.192. The summed E-state index contributed by atoms with van der Waals surface area (Å²) in [5.41, 5.74) is 11.3. The van der Waals surface area contributed by atoms with Crippen LogP contribution in [0.1, 0.15) is 109 Å². The minimum Gasteiger partial charge on any atom is -0.331 e. The monoisotopic (exact) mass is 725 g/mol. The number of hydrogen-bond donors (Lipinski definition) is 0. The second kappa shape index (κ2) is 17.9. The van der Waals surface area contributed by atoms with E-state index in [4.69, 9.17) is 0 Å². The zero-order chi connectivity index (χ0) is 35.5. The molecule has 2 heteroatoms. The van der Waals surface area contributed by atoms with Crippen molar-refractivity contribution in [1.82, 2.24) is 4.57 Å². The van der Waals surface area contributed by atoms with Crippen LogP contribution in [0.15, 0.2) is 144 Å². The van der Waals surface area contributed by atoms with Gasteiger partial charge in [0.25, 0.3) is 0 Å². The number of benzene rings is 3. The molecule has 1 aliphatic rings. The van der Waals surface area contributed by atoms with Crippen LogP contribution in [0.4, 0.5) is 0 Å². The molecule has 260 valence electrons. The van der Waals surface area contributed by atoms with Crippen molar-refractivity contribution >= 4 is 48.9 Å². The predicted octanol–water partition coefficient (Wildman–Crippen LogP) is 15.3. The van der Waals surface area contributed by atoms with Crippen LogP contribution in [0, 0.1) is 0 Å². The number of fused-ring (bicyclic) bond motifs is 3. The first kappa shape index (κ1) is 37.4. The maximum absolute atomic E-state index is 4.36. The lowest BCUT2D eigenvalue weighted by molar-refractivity contribution is 0.438. The van der Waals surface area contributed by atoms with Crippen LogP contribution in [0.3, 0.4) is 0 Å². The van der Waals surface area contributed by atoms with Gasteiger partial charge in [0.1, 0.15) is 0 Å². The van der Waals surface area contributed by atoms with E-state index in [0.717, 1.165) is 35.7 Å². The lowest BCUT2D eigenvalue weighted by atomic mass is 9.87. The summed E-state index contributed by atoms with van der Waals surface area (Å²) >= 11 is 3.58. The van der Waals surface area contributed by atoms with Crippen molar-refractivity contribution in [2.24, 2.45) is 0 Å². The van der Waals surface area contributed by atoms with Gasteiger partial charge in [-0.25, -0.2) is 0 Å². The summed E-state index contributed by atoms with van der Waals surface area (Å²) in [5.74, 6) is 0. The van der Waals surface area contributed by atoms with E-state index < -0.39 is 0 Å². The number of unbranched alkanes of at least 4 members (excludes halogenated alkanes) is 6. The van der Waals surface area contributed by atoms with Gasteiger partial charge in [0.2, 0.25) is 0 Å². The number of aromatic nitrogens is 1. The molecule has 3 aromatic carbocycles. The molecule has 0 saturated heterocycles. The Morgan fingerprint density at radius 3 is 2.18 bits per heavy atom. The molecule has 0 fully saturated rings. The first-order valence-electron chi connectivity index (χ1n) is 18.9. The first-order valence-corrected chi connectivity index (χ1v) is 19.7. The van der Waals surface area contributed by atoms with Crippen LogP contribution in [0.2, 0.25) is 0 Å². The molecule has 1 aliphatic carbocycles. The minimum absolute atomic E-state index is 0.192. The smallest absolute Gasteiger partial charge is 0.0643 e. The molecule has 1 nitrogen and oxygen atoms in total. The van der Waals surface area contributed by atoms with Crippen molar-refractivity contribution < 1.29 is 0 Å². The molecule has 0 radical (unpaired) electrons. The van der Waals surface area contributed by atoms with Gasteiger partial charge < -0.3 is 4.57 Å². The van der Waals surface area contributed by atoms with E-state index in [1.165, 1.54) is 107 Å². The lowest BCUT2D eigenvalue weighted by Crippen LogP contribution is -2.28. The van der Waals surface area contributed by atoms with Crippen LogP contribution in [-0.4, -0.2) is 4.57 Å². The Kier molecular flexibility index (Phi) is 13.4. The molecule has 1 unspecified atom stereocenters. The number of halogens is 1. The summed E-state index contributed by atoms with van der Waals surface area (Å²) in [4.78, 5) is 0. The molecule has 0 aliphatic heterocycles. The van der Waals surface area contributed by atoms with Gasteiger partial charge in [0, 0.05) is 26.3 Å². The second-order valence-electron chi connectivity index (χ2n) is 14.3. The van der Waals surface area contributed by atoms with Gasteiger partial charge in [-0.15, -0.1) is 0 Å². The van der Waals surface area contributed by atoms with Gasteiger partial charge in [-0.1, -0.05) is 172 Å². The quantitative estimate of drug-likeness (QED) is 0.0711. The van der Waals surface area contributed by atoms with Gasteiger partial charge in [0.15, 0.2) is 0 Å². The van der Waals surface area contributed by atoms with Crippen molar-refractivity contribution in [3.63, 3.8) is 0 Å². The largest absolute Gasteiger partial charge is 0.331 e. The van der Waals surface area contributed by atoms with E-state index in [2.05, 4.69) is 158 Å². The fourth-order valence-electron chi connectivity index (χ4n) is 7.44. The number of rotatable bonds is 18. The molecule has 50 heavy (non-hydrogen) atoms. The first-order chi connectivity index (χ1) is 24.3. The van der Waals surface area contributed by atoms with Crippen LogP contribution < -0.4 is 0 Å². The van der Waals surface area contributed by atoms with Crippen LogP contribution in [0.25, 0.3) is 33.0 Å². The third-order valence-corrected chi connectivity index (χ3v) is 10.9. The zero-order valence-electron chi connectivity index (χ0n) is 30.7. The summed E-state index contributed by atoms with van der Waals surface area (Å²) in [6.07, 6.45) is 27.5. The third kappa shape index (κ3) is 8.88. The molecular formula is C48H56BrN. The van der Waals surface area contributed by atoms with Crippen molar-refractivity contribution in [3.05, 3.63) is 155 Å². The maximum atomic E-state index is 4.36. The van der Waals surface area contributed by atoms with Crippen LogP contribution in [-0.2, 0) is 5.54 Å². The highest BCUT2D eigenvalue weighted by molar-refractivity contribution is 9.10. The molecule has 1 atom stereocenters. The molecule has 5 rings (SSSR count). The highest BCUT2D eigenvalue weighted by Gasteiger charge is 2.29. The van der Waals surface area contributed by atoms with Gasteiger partial charge in [-0.2, -0.15) is 0 Å². The zero-order valence-corrected chi connectivity index (χ0v) is 32.3. The summed E-state index contributed by atoms with van der Waals surface area (Å²) in [7, 11) is 0. The summed E-state index contributed by atoms with van der Waals surface area (Å²) < 4.78 is 3.67. The van der Waals surface area contributed by atoms with Gasteiger partial charge >= 0.3 is 0 Å². The second-order valence-corrected chi connectivity index (χ2v) is 15.2. The van der Waals surface area contributed by atoms with Crippen molar-refractivity contribution in [3.8, 4) is 0 Å². The molecule has 0 amide bonds. The topological polar surface area (TPSA) is 4.93 Å². The number of allylic oxidation sites excluding steroid dienone is 11. The number of nitrogens with zero attached hydrogens (tertiary/aromatic N) is 1. The highest BCUT2D eigenvalue weighted by atomic mass is 79.9. The van der Waals surface area contributed by atoms with Crippen molar-refractivity contribution in [1.29, 1.82) is 0 Å². The van der Waals surface area contributed by atoms with E-state index in [1.54, 1.807) is 0 Å². The Bertz CT molecular complexity index is 1940. The Morgan fingerprint density at radius 1 is 0.820 bits per heavy atom. The van der Waals surface area contributed by atoms with Crippen molar-refractivity contribution in [2.45, 2.75) is 103 Å². The van der Waals surface area contributed by atoms with E-state index in [9.17, 15) is 0 Å². The molecule has 4 aromatic rings. The molecule has 0 spiro atoms. The molecule has 0 N–H and O–H groups in total. The Morgan fingerprint density at radius 2 is 1.52 bits per heavy atom. The number of para-hydroxylation sites is 1. The molecule has 1 heterocycles. The molecule has 0 bridgehead atoms. The average Bonchev–Trinajstić information content (AvgIpc) is 3.48. The molecule has 0 saturated carbocycles. The maximum Gasteiger partial charge on any atom is 0.0643 e. The fraction of sp³-hybridized carbons (Fsp3) is 0.333. The summed E-state index contributed by atoms with van der Waals surface area (Å²) in [6, 6.07) is 24.7. The van der Waals surface area contributed by atoms with Gasteiger partial charge in [-0.05, 0) is 104 Å². The van der Waals surface area contributed by atoms with Gasteiger partial charge in [0.05, 0.1) is 5.54 Å². The van der Waals surface area contributed by atoms with E-state index in [0.29, 0.717) is 0 Å². The average molecular weight is 727 g/mol. The third-order valence-electron chi connectivity index (χ3n) is 10.4. The van der Waals surface area contributed by atoms with Crippen LogP contribution >= 0.6 is 15.9 Å². The lowest BCUT2D eigenvalue weighted by Gasteiger charge is -2.32.